The summed E-state index contributed by atoms with van der Waals surface area (Å²) < 4.78 is 0. The molecule has 0 spiro atoms. The van der Waals surface area contributed by atoms with Crippen LogP contribution in [0.3, 0.4) is 0 Å². The number of carbonyl (C=O) groups is 2. The van der Waals surface area contributed by atoms with Crippen molar-refractivity contribution in [3.8, 4) is 0 Å². The largest absolute Gasteiger partial charge is 0.325 e. The van der Waals surface area contributed by atoms with Gasteiger partial charge in [-0.3, -0.25) is 14.4 Å². The molecule has 3 aromatic rings. The van der Waals surface area contributed by atoms with E-state index in [0.717, 1.165) is 11.1 Å². The number of fused-ring (bicyclic) bond motifs is 1. The van der Waals surface area contributed by atoms with Crippen molar-refractivity contribution in [2.75, 3.05) is 5.32 Å². The number of Topliss-reactive ketones (excluding diaryl/α,β-unsaturated/α-hetero) is 1. The third-order valence-corrected chi connectivity index (χ3v) is 5.66. The highest BCUT2D eigenvalue weighted by atomic mass is 16.2. The Morgan fingerprint density at radius 3 is 2.37 bits per heavy atom. The molecule has 2 aromatic carbocycles. The van der Waals surface area contributed by atoms with E-state index >= 15 is 0 Å². The van der Waals surface area contributed by atoms with Gasteiger partial charge in [0.1, 0.15) is 5.56 Å². The molecule has 0 aliphatic heterocycles. The number of aromatic nitrogens is 1. The van der Waals surface area contributed by atoms with E-state index in [2.05, 4.69) is 24.1 Å². The number of ketones is 1. The summed E-state index contributed by atoms with van der Waals surface area (Å²) in [5.41, 5.74) is 3.35. The van der Waals surface area contributed by atoms with E-state index < -0.39 is 11.5 Å². The molecule has 30 heavy (non-hydrogen) atoms. The van der Waals surface area contributed by atoms with Crippen LogP contribution in [-0.2, 0) is 6.42 Å². The number of benzene rings is 2. The lowest BCUT2D eigenvalue weighted by atomic mass is 9.81. The lowest BCUT2D eigenvalue weighted by Crippen LogP contribution is -2.29. The summed E-state index contributed by atoms with van der Waals surface area (Å²) in [4.78, 5) is 40.8. The van der Waals surface area contributed by atoms with Gasteiger partial charge in [-0.25, -0.2) is 0 Å². The predicted molar refractivity (Wildman–Crippen MR) is 117 cm³/mol. The molecule has 152 valence electrons. The molecule has 0 bridgehead atoms. The third kappa shape index (κ3) is 3.96. The van der Waals surface area contributed by atoms with Crippen LogP contribution < -0.4 is 10.9 Å². The van der Waals surface area contributed by atoms with Crippen molar-refractivity contribution in [1.82, 2.24) is 4.98 Å². The highest BCUT2D eigenvalue weighted by Gasteiger charge is 2.28. The topological polar surface area (TPSA) is 79.0 Å². The van der Waals surface area contributed by atoms with Gasteiger partial charge < -0.3 is 10.3 Å². The Kier molecular flexibility index (Phi) is 5.36. The minimum atomic E-state index is -0.519. The Hall–Kier alpha value is -3.47. The van der Waals surface area contributed by atoms with Crippen LogP contribution in [0.25, 0.3) is 0 Å². The number of hydrogen-bond donors (Lipinski definition) is 2. The van der Waals surface area contributed by atoms with Gasteiger partial charge >= 0.3 is 0 Å². The number of anilines is 1. The molecular formula is C25H24N2O3. The molecule has 1 amide bonds. The van der Waals surface area contributed by atoms with Gasteiger partial charge in [-0.1, -0.05) is 56.3 Å². The quantitative estimate of drug-likeness (QED) is 0.668. The van der Waals surface area contributed by atoms with Crippen molar-refractivity contribution in [2.45, 2.75) is 38.5 Å². The molecule has 5 heteroatoms. The second-order valence-corrected chi connectivity index (χ2v) is 8.07. The maximum Gasteiger partial charge on any atom is 0.261 e. The first-order valence-corrected chi connectivity index (χ1v) is 10.2. The number of nitrogens with one attached hydrogen (secondary N) is 2. The third-order valence-electron chi connectivity index (χ3n) is 5.66. The Balaban J connectivity index is 1.58. The fourth-order valence-corrected chi connectivity index (χ4v) is 3.91. The fourth-order valence-electron chi connectivity index (χ4n) is 3.91. The van der Waals surface area contributed by atoms with Crippen LogP contribution in [0, 0.1) is 0 Å². The molecule has 0 unspecified atom stereocenters. The van der Waals surface area contributed by atoms with Crippen LogP contribution in [0.4, 0.5) is 5.69 Å². The summed E-state index contributed by atoms with van der Waals surface area (Å²) in [6.07, 6.45) is 0.930. The van der Waals surface area contributed by atoms with Crippen molar-refractivity contribution in [1.29, 1.82) is 0 Å². The monoisotopic (exact) mass is 400 g/mol. The summed E-state index contributed by atoms with van der Waals surface area (Å²) in [5, 5.41) is 2.75. The van der Waals surface area contributed by atoms with Crippen molar-refractivity contribution in [3.63, 3.8) is 0 Å². The molecule has 1 aliphatic carbocycles. The van der Waals surface area contributed by atoms with Gasteiger partial charge in [0, 0.05) is 23.4 Å². The van der Waals surface area contributed by atoms with Gasteiger partial charge in [-0.05, 0) is 47.6 Å². The van der Waals surface area contributed by atoms with Gasteiger partial charge in [-0.2, -0.15) is 0 Å². The zero-order chi connectivity index (χ0) is 21.3. The lowest BCUT2D eigenvalue weighted by Gasteiger charge is -2.24. The summed E-state index contributed by atoms with van der Waals surface area (Å²) in [6.45, 7) is 4.19. The molecule has 0 radical (unpaired) electrons. The highest BCUT2D eigenvalue weighted by Crippen LogP contribution is 2.31. The predicted octanol–water partition coefficient (Wildman–Crippen LogP) is 4.66. The number of aromatic amines is 1. The van der Waals surface area contributed by atoms with Crippen LogP contribution >= 0.6 is 0 Å². The van der Waals surface area contributed by atoms with E-state index in [0.29, 0.717) is 35.7 Å². The average molecular weight is 400 g/mol. The molecule has 1 aromatic heterocycles. The molecule has 0 saturated carbocycles. The molecule has 0 fully saturated rings. The molecule has 4 rings (SSSR count). The summed E-state index contributed by atoms with van der Waals surface area (Å²) in [6, 6.07) is 18.8. The Labute approximate surface area is 175 Å². The Morgan fingerprint density at radius 1 is 1.00 bits per heavy atom. The fraction of sp³-hybridized carbons (Fsp3) is 0.240. The minimum Gasteiger partial charge on any atom is -0.325 e. The van der Waals surface area contributed by atoms with Gasteiger partial charge in [0.15, 0.2) is 5.78 Å². The van der Waals surface area contributed by atoms with Gasteiger partial charge in [-0.15, -0.1) is 0 Å². The van der Waals surface area contributed by atoms with Gasteiger partial charge in [0.2, 0.25) is 0 Å². The number of pyridine rings is 1. The summed E-state index contributed by atoms with van der Waals surface area (Å²) >= 11 is 0. The second kappa shape index (κ2) is 8.11. The zero-order valence-corrected chi connectivity index (χ0v) is 17.1. The van der Waals surface area contributed by atoms with E-state index in [-0.39, 0.29) is 17.3 Å². The number of rotatable bonds is 4. The molecule has 5 nitrogen and oxygen atoms in total. The van der Waals surface area contributed by atoms with E-state index in [4.69, 9.17) is 0 Å². The lowest BCUT2D eigenvalue weighted by molar-refractivity contribution is 0.0963. The first-order chi connectivity index (χ1) is 14.4. The molecule has 1 aliphatic rings. The normalized spacial score (nSPS) is 15.7. The van der Waals surface area contributed by atoms with Crippen LogP contribution in [0.5, 0.6) is 0 Å². The van der Waals surface area contributed by atoms with Crippen molar-refractivity contribution in [3.05, 3.63) is 99.0 Å². The standard InChI is InChI=1S/C25H24N2O3/c1-15(2)16-8-10-19(11-9-16)26-24(29)21-14-20-22(27-25(21)30)12-18(13-23(20)28)17-6-4-3-5-7-17/h3-11,14-15,18H,12-13H2,1-2H3,(H,26,29)(H,27,30)/t18-/m0/s1. The molecular weight excluding hydrogens is 376 g/mol. The smallest absolute Gasteiger partial charge is 0.261 e. The minimum absolute atomic E-state index is 0.0287. The molecule has 0 saturated heterocycles. The van der Waals surface area contributed by atoms with Crippen LogP contribution in [0.1, 0.15) is 69.6 Å². The first-order valence-electron chi connectivity index (χ1n) is 10.2. The zero-order valence-electron chi connectivity index (χ0n) is 17.1. The van der Waals surface area contributed by atoms with Crippen LogP contribution in [-0.4, -0.2) is 16.7 Å². The summed E-state index contributed by atoms with van der Waals surface area (Å²) in [7, 11) is 0. The van der Waals surface area contributed by atoms with Crippen molar-refractivity contribution >= 4 is 17.4 Å². The molecule has 1 atom stereocenters. The van der Waals surface area contributed by atoms with E-state index in [1.165, 1.54) is 6.07 Å². The number of amides is 1. The highest BCUT2D eigenvalue weighted by molar-refractivity contribution is 6.06. The maximum absolute atomic E-state index is 12.8. The van der Waals surface area contributed by atoms with E-state index in [9.17, 15) is 14.4 Å². The van der Waals surface area contributed by atoms with Crippen LogP contribution in [0.15, 0.2) is 65.5 Å². The van der Waals surface area contributed by atoms with E-state index in [1.54, 1.807) is 0 Å². The second-order valence-electron chi connectivity index (χ2n) is 8.07. The molecule has 1 heterocycles. The van der Waals surface area contributed by atoms with E-state index in [1.807, 2.05) is 54.6 Å². The van der Waals surface area contributed by atoms with Gasteiger partial charge in [0.05, 0.1) is 0 Å². The first kappa shape index (κ1) is 19.8. The van der Waals surface area contributed by atoms with Crippen molar-refractivity contribution < 1.29 is 9.59 Å². The number of hydrogen-bond acceptors (Lipinski definition) is 3. The maximum atomic E-state index is 12.8. The number of H-pyrrole nitrogens is 1. The Bertz CT molecular complexity index is 1150. The SMILES string of the molecule is CC(C)c1ccc(NC(=O)c2cc3c([nH]c2=O)C[C@H](c2ccccc2)CC3=O)cc1. The Morgan fingerprint density at radius 2 is 1.70 bits per heavy atom. The van der Waals surface area contributed by atoms with Crippen LogP contribution in [0.2, 0.25) is 0 Å². The van der Waals surface area contributed by atoms with Crippen molar-refractivity contribution in [2.24, 2.45) is 0 Å². The summed E-state index contributed by atoms with van der Waals surface area (Å²) in [5.74, 6) is -0.156. The van der Waals surface area contributed by atoms with Gasteiger partial charge in [0.25, 0.3) is 11.5 Å². The number of carbonyl (C=O) groups excluding carboxylic acids is 2. The average Bonchev–Trinajstić information content (AvgIpc) is 2.74. The molecule has 2 N–H and O–H groups in total.